The molecule has 0 amide bonds. The van der Waals surface area contributed by atoms with E-state index in [1.807, 2.05) is 48.5 Å². The van der Waals surface area contributed by atoms with Crippen LogP contribution in [-0.4, -0.2) is 56.8 Å². The molecule has 37 heavy (non-hydrogen) atoms. The monoisotopic (exact) mass is 514 g/mol. The normalized spacial score (nSPS) is 56.2. The van der Waals surface area contributed by atoms with Gasteiger partial charge < -0.3 is 20.1 Å². The Balaban J connectivity index is 1.59. The van der Waals surface area contributed by atoms with Crippen molar-refractivity contribution in [1.29, 1.82) is 0 Å². The second kappa shape index (κ2) is 7.14. The van der Waals surface area contributed by atoms with Crippen LogP contribution in [0.25, 0.3) is 0 Å². The summed E-state index contributed by atoms with van der Waals surface area (Å²) in [5.41, 5.74) is -3.63. The lowest BCUT2D eigenvalue weighted by atomic mass is 9.42. The molecule has 1 saturated heterocycles. The maximum atomic E-state index is 14.8. The first-order chi connectivity index (χ1) is 17.0. The van der Waals surface area contributed by atoms with Gasteiger partial charge in [-0.25, -0.2) is 0 Å². The molecule has 5 aliphatic carbocycles. The van der Waals surface area contributed by atoms with Crippen LogP contribution < -0.4 is 0 Å². The molecule has 4 fully saturated rings. The van der Waals surface area contributed by atoms with E-state index in [0.717, 1.165) is 0 Å². The maximum absolute atomic E-state index is 14.8. The first-order valence-corrected chi connectivity index (χ1v) is 14.1. The molecule has 1 spiro atoms. The largest absolute Gasteiger partial charge is 0.458 e. The van der Waals surface area contributed by atoms with Crippen LogP contribution in [0.2, 0.25) is 0 Å². The van der Waals surface area contributed by atoms with Crippen molar-refractivity contribution < 1.29 is 34.4 Å². The van der Waals surface area contributed by atoms with Crippen LogP contribution in [0.4, 0.5) is 0 Å². The molecule has 7 heteroatoms. The summed E-state index contributed by atoms with van der Waals surface area (Å²) in [5, 5.41) is 34.6. The van der Waals surface area contributed by atoms with Crippen molar-refractivity contribution in [2.75, 3.05) is 0 Å². The lowest BCUT2D eigenvalue weighted by Crippen LogP contribution is -2.65. The Morgan fingerprint density at radius 3 is 2.19 bits per heavy atom. The topological polar surface area (TPSA) is 121 Å². The predicted octanol–water partition coefficient (Wildman–Crippen LogP) is 2.98. The Morgan fingerprint density at radius 2 is 1.59 bits per heavy atom. The van der Waals surface area contributed by atoms with Crippen molar-refractivity contribution in [1.82, 2.24) is 0 Å². The van der Waals surface area contributed by atoms with Crippen LogP contribution in [0.5, 0.6) is 0 Å². The average Bonchev–Trinajstić information content (AvgIpc) is 3.33. The quantitative estimate of drug-likeness (QED) is 0.425. The van der Waals surface area contributed by atoms with Crippen LogP contribution in [0.1, 0.15) is 80.6 Å². The second-order valence-corrected chi connectivity index (χ2v) is 14.7. The summed E-state index contributed by atoms with van der Waals surface area (Å²) < 4.78 is 6.01. The molecule has 0 radical (unpaired) electrons. The van der Waals surface area contributed by atoms with Gasteiger partial charge in [-0.1, -0.05) is 41.5 Å². The number of ketones is 2. The van der Waals surface area contributed by atoms with Crippen molar-refractivity contribution in [3.05, 3.63) is 11.1 Å². The molecule has 0 bridgehead atoms. The fraction of sp³-hybridized carbons (Fsp3) is 0.833. The fourth-order valence-electron chi connectivity index (χ4n) is 11.0. The third kappa shape index (κ3) is 2.58. The second-order valence-electron chi connectivity index (χ2n) is 14.7. The number of hydrogen-bond acceptors (Lipinski definition) is 7. The zero-order valence-electron chi connectivity index (χ0n) is 23.1. The molecular weight excluding hydrogens is 472 g/mol. The minimum atomic E-state index is -1.40. The van der Waals surface area contributed by atoms with Gasteiger partial charge in [-0.05, 0) is 66.8 Å². The van der Waals surface area contributed by atoms with Crippen LogP contribution >= 0.6 is 0 Å². The molecule has 3 N–H and O–H groups in total. The summed E-state index contributed by atoms with van der Waals surface area (Å²) in [7, 11) is 0. The number of ether oxygens (including phenoxy) is 1. The molecule has 6 rings (SSSR count). The number of aliphatic hydroxyl groups is 3. The summed E-state index contributed by atoms with van der Waals surface area (Å²) in [6.07, 6.45) is -0.581. The summed E-state index contributed by atoms with van der Waals surface area (Å²) in [6.45, 7) is 13.5. The highest BCUT2D eigenvalue weighted by molar-refractivity contribution is 6.08. The van der Waals surface area contributed by atoms with Crippen molar-refractivity contribution in [2.24, 2.45) is 51.2 Å². The molecule has 204 valence electrons. The van der Waals surface area contributed by atoms with Gasteiger partial charge in [0.15, 0.2) is 11.6 Å². The van der Waals surface area contributed by atoms with E-state index in [9.17, 15) is 29.7 Å². The molecule has 3 saturated carbocycles. The number of esters is 1. The highest BCUT2D eigenvalue weighted by Gasteiger charge is 2.81. The fourth-order valence-corrected chi connectivity index (χ4v) is 11.0. The van der Waals surface area contributed by atoms with Crippen molar-refractivity contribution in [2.45, 2.75) is 104 Å². The summed E-state index contributed by atoms with van der Waals surface area (Å²) >= 11 is 0. The van der Waals surface area contributed by atoms with Crippen LogP contribution in [-0.2, 0) is 19.1 Å². The van der Waals surface area contributed by atoms with Crippen molar-refractivity contribution in [3.8, 4) is 0 Å². The minimum Gasteiger partial charge on any atom is -0.458 e. The summed E-state index contributed by atoms with van der Waals surface area (Å²) in [5.74, 6) is -2.29. The molecule has 12 atom stereocenters. The minimum absolute atomic E-state index is 0.0451. The number of rotatable bonds is 0. The maximum Gasteiger partial charge on any atom is 0.309 e. The molecule has 0 unspecified atom stereocenters. The predicted molar refractivity (Wildman–Crippen MR) is 134 cm³/mol. The lowest BCUT2D eigenvalue weighted by Gasteiger charge is -2.62. The van der Waals surface area contributed by atoms with E-state index in [1.165, 1.54) is 0 Å². The van der Waals surface area contributed by atoms with Gasteiger partial charge in [0.1, 0.15) is 11.7 Å². The van der Waals surface area contributed by atoms with Crippen molar-refractivity contribution >= 4 is 17.5 Å². The molecular formula is C30H42O7. The van der Waals surface area contributed by atoms with Crippen LogP contribution in [0.15, 0.2) is 11.1 Å². The van der Waals surface area contributed by atoms with Gasteiger partial charge in [-0.2, -0.15) is 0 Å². The van der Waals surface area contributed by atoms with Crippen LogP contribution in [0.3, 0.4) is 0 Å². The smallest absolute Gasteiger partial charge is 0.309 e. The zero-order valence-corrected chi connectivity index (χ0v) is 23.1. The Morgan fingerprint density at radius 1 is 0.946 bits per heavy atom. The Kier molecular flexibility index (Phi) is 4.96. The molecule has 0 aromatic heterocycles. The number of fused-ring (bicyclic) bond motifs is 7. The zero-order chi connectivity index (χ0) is 27.2. The van der Waals surface area contributed by atoms with E-state index in [1.54, 1.807) is 0 Å². The molecule has 0 aromatic carbocycles. The first-order valence-electron chi connectivity index (χ1n) is 14.1. The van der Waals surface area contributed by atoms with Gasteiger partial charge in [0.25, 0.3) is 0 Å². The number of hydrogen-bond donors (Lipinski definition) is 3. The number of aliphatic hydroxyl groups excluding tert-OH is 3. The summed E-state index contributed by atoms with van der Waals surface area (Å²) in [6, 6.07) is 0. The Labute approximate surface area is 219 Å². The highest BCUT2D eigenvalue weighted by Crippen LogP contribution is 2.75. The first kappa shape index (κ1) is 25.7. The highest BCUT2D eigenvalue weighted by atomic mass is 16.6. The standard InChI is InChI=1S/C30H42O7/c1-13-11-30(12-14(2)25(36)37-30)21-18(13)28(6)24(35)22(33)20-19(29(28,7)23(21)34)15(31)10-16-26(3,4)17(32)8-9-27(16,20)5/h13-18,21,24,31-32,35H,8-12H2,1-7H3/t13-,14-,15+,16+,17-,18+,21-,24-,27+,28+,29-,30+/m1/s1. The molecule has 1 heterocycles. The number of carbonyl (C=O) groups is 3. The van der Waals surface area contributed by atoms with E-state index < -0.39 is 51.5 Å². The van der Waals surface area contributed by atoms with Gasteiger partial charge in [0, 0.05) is 17.4 Å². The molecule has 6 aliphatic rings. The third-order valence-corrected chi connectivity index (χ3v) is 12.8. The van der Waals surface area contributed by atoms with E-state index >= 15 is 0 Å². The third-order valence-electron chi connectivity index (χ3n) is 12.8. The van der Waals surface area contributed by atoms with E-state index in [0.29, 0.717) is 43.3 Å². The van der Waals surface area contributed by atoms with E-state index in [-0.39, 0.29) is 41.2 Å². The number of carbonyl (C=O) groups excluding carboxylic acids is 3. The van der Waals surface area contributed by atoms with Crippen LogP contribution in [0, 0.1) is 51.2 Å². The van der Waals surface area contributed by atoms with Gasteiger partial charge >= 0.3 is 5.97 Å². The Bertz CT molecular complexity index is 1150. The van der Waals surface area contributed by atoms with E-state index in [4.69, 9.17) is 4.74 Å². The molecule has 1 aliphatic heterocycles. The number of Topliss-reactive ketones (excluding diaryl/α,β-unsaturated/α-hetero) is 2. The van der Waals surface area contributed by atoms with Gasteiger partial charge in [-0.3, -0.25) is 14.4 Å². The van der Waals surface area contributed by atoms with Gasteiger partial charge in [0.2, 0.25) is 0 Å². The SMILES string of the molecule is C[C@@H]1C[C@]2(C[C@@H](C)[C@H]3[C@@H]2C(=O)[C@@]2(C)C4=C(C(=O)[C@@H](O)[C@]32C)[C@@]2(C)CC[C@@H](O)C(C)(C)[C@@H]2C[C@@H]4O)OC1=O. The van der Waals surface area contributed by atoms with Gasteiger partial charge in [-0.15, -0.1) is 0 Å². The molecule has 7 nitrogen and oxygen atoms in total. The lowest BCUT2D eigenvalue weighted by molar-refractivity contribution is -0.159. The van der Waals surface area contributed by atoms with Gasteiger partial charge in [0.05, 0.1) is 29.5 Å². The Hall–Kier alpha value is -1.57. The van der Waals surface area contributed by atoms with Crippen molar-refractivity contribution in [3.63, 3.8) is 0 Å². The van der Waals surface area contributed by atoms with E-state index in [2.05, 4.69) is 0 Å². The molecule has 0 aromatic rings. The summed E-state index contributed by atoms with van der Waals surface area (Å²) in [4.78, 5) is 41.6. The average molecular weight is 515 g/mol.